The second kappa shape index (κ2) is 11.4. The van der Waals surface area contributed by atoms with Crippen molar-refractivity contribution < 1.29 is 9.59 Å². The molecule has 2 aromatic carbocycles. The van der Waals surface area contributed by atoms with Crippen molar-refractivity contribution in [3.63, 3.8) is 0 Å². The Labute approximate surface area is 195 Å². The second-order valence-corrected chi connectivity index (χ2v) is 8.40. The molecular formula is C26H31N5O2. The van der Waals surface area contributed by atoms with Gasteiger partial charge in [-0.1, -0.05) is 60.7 Å². The van der Waals surface area contributed by atoms with E-state index < -0.39 is 0 Å². The highest BCUT2D eigenvalue weighted by Gasteiger charge is 2.22. The number of aromatic nitrogens is 2. The Morgan fingerprint density at radius 1 is 0.848 bits per heavy atom. The van der Waals surface area contributed by atoms with E-state index >= 15 is 0 Å². The third-order valence-electron chi connectivity index (χ3n) is 5.95. The summed E-state index contributed by atoms with van der Waals surface area (Å²) in [6.07, 6.45) is 4.05. The summed E-state index contributed by atoms with van der Waals surface area (Å²) in [4.78, 5) is 29.2. The van der Waals surface area contributed by atoms with Crippen LogP contribution < -0.4 is 5.32 Å². The zero-order valence-corrected chi connectivity index (χ0v) is 18.9. The van der Waals surface area contributed by atoms with Crippen LogP contribution in [-0.2, 0) is 22.6 Å². The normalized spacial score (nSPS) is 14.2. The standard InChI is InChI=1S/C26H31N5O2/c32-25(28-24-14-15-27-31(24)20-23-10-5-2-6-11-23)21-29-16-18-30(19-17-29)26(33)13-7-12-22-8-3-1-4-9-22/h1-6,8-11,14-15H,7,12-13,16-21H2,(H,28,32). The van der Waals surface area contributed by atoms with Gasteiger partial charge in [0.05, 0.1) is 19.3 Å². The Kier molecular flexibility index (Phi) is 7.87. The SMILES string of the molecule is O=C(CN1CCN(C(=O)CCCc2ccccc2)CC1)Nc1ccnn1Cc1ccccc1. The van der Waals surface area contributed by atoms with Crippen LogP contribution in [-0.4, -0.2) is 64.1 Å². The van der Waals surface area contributed by atoms with E-state index in [4.69, 9.17) is 0 Å². The van der Waals surface area contributed by atoms with E-state index in [2.05, 4.69) is 27.4 Å². The minimum absolute atomic E-state index is 0.0625. The van der Waals surface area contributed by atoms with Gasteiger partial charge in [0.25, 0.3) is 0 Å². The molecule has 1 aliphatic rings. The topological polar surface area (TPSA) is 70.5 Å². The van der Waals surface area contributed by atoms with E-state index in [9.17, 15) is 9.59 Å². The molecule has 0 atom stereocenters. The van der Waals surface area contributed by atoms with Crippen LogP contribution in [0.1, 0.15) is 24.0 Å². The highest BCUT2D eigenvalue weighted by atomic mass is 16.2. The van der Waals surface area contributed by atoms with Crippen molar-refractivity contribution in [3.05, 3.63) is 84.1 Å². The second-order valence-electron chi connectivity index (χ2n) is 8.40. The van der Waals surface area contributed by atoms with Crippen LogP contribution in [0.4, 0.5) is 5.82 Å². The van der Waals surface area contributed by atoms with Gasteiger partial charge in [-0.3, -0.25) is 14.5 Å². The number of anilines is 1. The predicted octanol–water partition coefficient (Wildman–Crippen LogP) is 3.04. The van der Waals surface area contributed by atoms with Gasteiger partial charge in [-0.25, -0.2) is 4.68 Å². The van der Waals surface area contributed by atoms with Gasteiger partial charge in [0.1, 0.15) is 5.82 Å². The molecule has 1 aromatic heterocycles. The lowest BCUT2D eigenvalue weighted by molar-refractivity contribution is -0.133. The molecule has 0 bridgehead atoms. The van der Waals surface area contributed by atoms with Crippen molar-refractivity contribution >= 4 is 17.6 Å². The van der Waals surface area contributed by atoms with Gasteiger partial charge in [0.15, 0.2) is 0 Å². The smallest absolute Gasteiger partial charge is 0.239 e. The summed E-state index contributed by atoms with van der Waals surface area (Å²) in [7, 11) is 0. The largest absolute Gasteiger partial charge is 0.340 e. The van der Waals surface area contributed by atoms with Gasteiger partial charge in [-0.15, -0.1) is 0 Å². The molecule has 1 N–H and O–H groups in total. The summed E-state index contributed by atoms with van der Waals surface area (Å²) in [5.41, 5.74) is 2.40. The maximum atomic E-state index is 12.6. The number of benzene rings is 2. The van der Waals surface area contributed by atoms with E-state index in [1.165, 1.54) is 5.56 Å². The quantitative estimate of drug-likeness (QED) is 0.550. The van der Waals surface area contributed by atoms with Gasteiger partial charge in [-0.05, 0) is 24.0 Å². The van der Waals surface area contributed by atoms with Crippen LogP contribution >= 0.6 is 0 Å². The van der Waals surface area contributed by atoms with Crippen LogP contribution in [0.25, 0.3) is 0 Å². The highest BCUT2D eigenvalue weighted by molar-refractivity contribution is 5.91. The molecule has 172 valence electrons. The lowest BCUT2D eigenvalue weighted by Crippen LogP contribution is -2.50. The Morgan fingerprint density at radius 3 is 2.21 bits per heavy atom. The van der Waals surface area contributed by atoms with Gasteiger partial charge < -0.3 is 10.2 Å². The van der Waals surface area contributed by atoms with Gasteiger partial charge in [-0.2, -0.15) is 5.10 Å². The number of amides is 2. The minimum atomic E-state index is -0.0625. The Bertz CT molecular complexity index is 1030. The number of hydrogen-bond acceptors (Lipinski definition) is 4. The number of hydrogen-bond donors (Lipinski definition) is 1. The van der Waals surface area contributed by atoms with Crippen LogP contribution in [0.3, 0.4) is 0 Å². The first kappa shape index (κ1) is 22.7. The first-order chi connectivity index (χ1) is 16.2. The third kappa shape index (κ3) is 6.76. The van der Waals surface area contributed by atoms with Gasteiger partial charge >= 0.3 is 0 Å². The van der Waals surface area contributed by atoms with Crippen LogP contribution in [0, 0.1) is 0 Å². The fourth-order valence-electron chi connectivity index (χ4n) is 4.11. The molecule has 0 aliphatic carbocycles. The number of nitrogens with one attached hydrogen (secondary N) is 1. The maximum absolute atomic E-state index is 12.6. The molecular weight excluding hydrogens is 414 g/mol. The summed E-state index contributed by atoms with van der Waals surface area (Å²) in [6, 6.07) is 22.1. The van der Waals surface area contributed by atoms with E-state index in [-0.39, 0.29) is 11.8 Å². The molecule has 1 fully saturated rings. The molecule has 2 heterocycles. The molecule has 33 heavy (non-hydrogen) atoms. The Balaban J connectivity index is 1.18. The number of carbonyl (C=O) groups is 2. The Hall–Kier alpha value is -3.45. The molecule has 0 saturated carbocycles. The molecule has 1 saturated heterocycles. The summed E-state index contributed by atoms with van der Waals surface area (Å²) >= 11 is 0. The molecule has 0 spiro atoms. The van der Waals surface area contributed by atoms with Crippen LogP contribution in [0.2, 0.25) is 0 Å². The number of carbonyl (C=O) groups excluding carboxylic acids is 2. The molecule has 2 amide bonds. The van der Waals surface area contributed by atoms with E-state index in [0.717, 1.165) is 18.4 Å². The monoisotopic (exact) mass is 445 g/mol. The van der Waals surface area contributed by atoms with Crippen molar-refractivity contribution in [1.29, 1.82) is 0 Å². The van der Waals surface area contributed by atoms with Crippen LogP contribution in [0.5, 0.6) is 0 Å². The van der Waals surface area contributed by atoms with Gasteiger partial charge in [0, 0.05) is 38.7 Å². The van der Waals surface area contributed by atoms with Crippen LogP contribution in [0.15, 0.2) is 72.9 Å². The number of rotatable bonds is 9. The van der Waals surface area contributed by atoms with E-state index in [1.807, 2.05) is 59.5 Å². The summed E-state index contributed by atoms with van der Waals surface area (Å²) in [6.45, 7) is 3.68. The maximum Gasteiger partial charge on any atom is 0.239 e. The first-order valence-corrected chi connectivity index (χ1v) is 11.6. The number of aryl methyl sites for hydroxylation is 1. The zero-order chi connectivity index (χ0) is 22.9. The molecule has 1 aliphatic heterocycles. The average Bonchev–Trinajstić information content (AvgIpc) is 3.27. The fourth-order valence-corrected chi connectivity index (χ4v) is 4.11. The molecule has 3 aromatic rings. The lowest BCUT2D eigenvalue weighted by atomic mass is 10.1. The fraction of sp³-hybridized carbons (Fsp3) is 0.346. The molecule has 0 unspecified atom stereocenters. The van der Waals surface area contributed by atoms with E-state index in [1.54, 1.807) is 10.9 Å². The van der Waals surface area contributed by atoms with Gasteiger partial charge in [0.2, 0.25) is 11.8 Å². The number of piperazine rings is 1. The average molecular weight is 446 g/mol. The summed E-state index contributed by atoms with van der Waals surface area (Å²) < 4.78 is 1.79. The minimum Gasteiger partial charge on any atom is -0.340 e. The van der Waals surface area contributed by atoms with E-state index in [0.29, 0.717) is 51.5 Å². The summed E-state index contributed by atoms with van der Waals surface area (Å²) in [5.74, 6) is 0.836. The first-order valence-electron chi connectivity index (χ1n) is 11.6. The van der Waals surface area contributed by atoms with Crippen molar-refractivity contribution in [2.45, 2.75) is 25.8 Å². The lowest BCUT2D eigenvalue weighted by Gasteiger charge is -2.34. The summed E-state index contributed by atoms with van der Waals surface area (Å²) in [5, 5.41) is 7.30. The Morgan fingerprint density at radius 2 is 1.52 bits per heavy atom. The van der Waals surface area contributed by atoms with Crippen molar-refractivity contribution in [3.8, 4) is 0 Å². The highest BCUT2D eigenvalue weighted by Crippen LogP contribution is 2.12. The third-order valence-corrected chi connectivity index (χ3v) is 5.95. The molecule has 7 heteroatoms. The van der Waals surface area contributed by atoms with Crippen molar-refractivity contribution in [2.24, 2.45) is 0 Å². The van der Waals surface area contributed by atoms with Crippen molar-refractivity contribution in [2.75, 3.05) is 38.0 Å². The molecule has 7 nitrogen and oxygen atoms in total. The number of nitrogens with zero attached hydrogens (tertiary/aromatic N) is 4. The molecule has 4 rings (SSSR count). The van der Waals surface area contributed by atoms with Crippen molar-refractivity contribution in [1.82, 2.24) is 19.6 Å². The predicted molar refractivity (Wildman–Crippen MR) is 129 cm³/mol. The zero-order valence-electron chi connectivity index (χ0n) is 18.9. The molecule has 0 radical (unpaired) electrons.